The minimum Gasteiger partial charge on any atom is -0.469 e. The van der Waals surface area contributed by atoms with Crippen LogP contribution in [0.25, 0.3) is 17.0 Å². The number of pyridine rings is 1. The Morgan fingerprint density at radius 1 is 1.19 bits per heavy atom. The van der Waals surface area contributed by atoms with Crippen LogP contribution in [0.2, 0.25) is 0 Å². The number of hydrogen-bond donors (Lipinski definition) is 0. The fourth-order valence-corrected chi connectivity index (χ4v) is 3.57. The van der Waals surface area contributed by atoms with Crippen molar-refractivity contribution >= 4 is 17.4 Å². The second kappa shape index (κ2) is 6.45. The Morgan fingerprint density at radius 3 is 2.81 bits per heavy atom. The number of nitrogens with zero attached hydrogens (tertiary/aromatic N) is 5. The molecule has 4 heterocycles. The Kier molecular flexibility index (Phi) is 4.12. The first-order valence-electron chi connectivity index (χ1n) is 8.08. The zero-order valence-corrected chi connectivity index (χ0v) is 15.4. The highest BCUT2D eigenvalue weighted by Gasteiger charge is 2.15. The lowest BCUT2D eigenvalue weighted by Crippen LogP contribution is -2.15. The van der Waals surface area contributed by atoms with Crippen LogP contribution in [-0.4, -0.2) is 24.1 Å². The van der Waals surface area contributed by atoms with Crippen LogP contribution in [0.15, 0.2) is 51.1 Å². The molecule has 0 radical (unpaired) electrons. The quantitative estimate of drug-likeness (QED) is 0.516. The van der Waals surface area contributed by atoms with Crippen molar-refractivity contribution in [3.63, 3.8) is 0 Å². The number of aromatic nitrogens is 5. The molecule has 0 aromatic carbocycles. The van der Waals surface area contributed by atoms with E-state index in [1.807, 2.05) is 43.7 Å². The molecule has 0 saturated heterocycles. The van der Waals surface area contributed by atoms with E-state index in [4.69, 9.17) is 4.42 Å². The van der Waals surface area contributed by atoms with E-state index in [2.05, 4.69) is 15.2 Å². The molecule has 26 heavy (non-hydrogen) atoms. The summed E-state index contributed by atoms with van der Waals surface area (Å²) in [6.45, 7) is 3.84. The highest BCUT2D eigenvalue weighted by Crippen LogP contribution is 2.27. The van der Waals surface area contributed by atoms with Gasteiger partial charge in [0.15, 0.2) is 11.0 Å². The summed E-state index contributed by atoms with van der Waals surface area (Å²) in [7, 11) is 1.91. The monoisotopic (exact) mass is 367 g/mol. The third-order valence-corrected chi connectivity index (χ3v) is 5.20. The fourth-order valence-electron chi connectivity index (χ4n) is 2.76. The van der Waals surface area contributed by atoms with E-state index in [0.29, 0.717) is 17.1 Å². The van der Waals surface area contributed by atoms with Crippen LogP contribution in [0, 0.1) is 13.8 Å². The molecule has 132 valence electrons. The van der Waals surface area contributed by atoms with Gasteiger partial charge >= 0.3 is 0 Å². The lowest BCUT2D eigenvalue weighted by molar-refractivity contribution is 0.534. The van der Waals surface area contributed by atoms with Crippen LogP contribution < -0.4 is 5.56 Å². The number of rotatable bonds is 4. The van der Waals surface area contributed by atoms with Crippen LogP contribution in [0.1, 0.15) is 17.0 Å². The van der Waals surface area contributed by atoms with Crippen LogP contribution in [-0.2, 0) is 12.8 Å². The van der Waals surface area contributed by atoms with E-state index < -0.39 is 0 Å². The number of aryl methyl sites for hydroxylation is 2. The molecule has 0 amide bonds. The molecule has 0 unspecified atom stereocenters. The smallest absolute Gasteiger partial charge is 0.258 e. The maximum Gasteiger partial charge on any atom is 0.258 e. The predicted octanol–water partition coefficient (Wildman–Crippen LogP) is 2.99. The maximum absolute atomic E-state index is 12.3. The van der Waals surface area contributed by atoms with Gasteiger partial charge in [-0.2, -0.15) is 0 Å². The first-order valence-corrected chi connectivity index (χ1v) is 9.07. The molecule has 0 aliphatic rings. The molecule has 0 aliphatic heterocycles. The van der Waals surface area contributed by atoms with Gasteiger partial charge in [0.1, 0.15) is 11.4 Å². The Balaban J connectivity index is 1.59. The second-order valence-corrected chi connectivity index (χ2v) is 7.01. The van der Waals surface area contributed by atoms with E-state index in [-0.39, 0.29) is 5.56 Å². The van der Waals surface area contributed by atoms with Gasteiger partial charge in [0.25, 0.3) is 5.56 Å². The highest BCUT2D eigenvalue weighted by atomic mass is 32.2. The normalized spacial score (nSPS) is 11.3. The van der Waals surface area contributed by atoms with E-state index >= 15 is 0 Å². The summed E-state index contributed by atoms with van der Waals surface area (Å²) in [5.74, 6) is 2.09. The van der Waals surface area contributed by atoms with Crippen molar-refractivity contribution in [1.29, 1.82) is 0 Å². The van der Waals surface area contributed by atoms with Gasteiger partial charge in [-0.3, -0.25) is 9.20 Å². The average molecular weight is 367 g/mol. The molecule has 4 rings (SSSR count). The van der Waals surface area contributed by atoms with Gasteiger partial charge in [-0.1, -0.05) is 17.8 Å². The van der Waals surface area contributed by atoms with Crippen molar-refractivity contribution in [1.82, 2.24) is 24.1 Å². The number of thioether (sulfide) groups is 1. The molecule has 0 bridgehead atoms. The summed E-state index contributed by atoms with van der Waals surface area (Å²) in [5, 5.41) is 9.26. The van der Waals surface area contributed by atoms with Gasteiger partial charge in [0.05, 0.1) is 17.5 Å². The van der Waals surface area contributed by atoms with Crippen LogP contribution in [0.4, 0.5) is 0 Å². The minimum atomic E-state index is -0.0815. The Labute approximate surface area is 153 Å². The first-order chi connectivity index (χ1) is 12.5. The second-order valence-electron chi connectivity index (χ2n) is 6.06. The lowest BCUT2D eigenvalue weighted by atomic mass is 10.2. The fraction of sp³-hybridized carbons (Fsp3) is 0.222. The number of fused-ring (bicyclic) bond motifs is 1. The summed E-state index contributed by atoms with van der Waals surface area (Å²) in [5.41, 5.74) is 3.22. The highest BCUT2D eigenvalue weighted by molar-refractivity contribution is 7.98. The van der Waals surface area contributed by atoms with Crippen LogP contribution in [0.3, 0.4) is 0 Å². The van der Waals surface area contributed by atoms with Gasteiger partial charge in [-0.25, -0.2) is 4.98 Å². The lowest BCUT2D eigenvalue weighted by Gasteiger charge is -2.05. The molecule has 7 nitrogen and oxygen atoms in total. The zero-order chi connectivity index (χ0) is 18.3. The molecule has 8 heteroatoms. The summed E-state index contributed by atoms with van der Waals surface area (Å²) >= 11 is 1.49. The molecular weight excluding hydrogens is 350 g/mol. The van der Waals surface area contributed by atoms with Crippen molar-refractivity contribution in [2.75, 3.05) is 0 Å². The zero-order valence-electron chi connectivity index (χ0n) is 14.6. The Hall–Kier alpha value is -2.87. The van der Waals surface area contributed by atoms with Gasteiger partial charge in [-0.15, -0.1) is 10.2 Å². The average Bonchev–Trinajstić information content (AvgIpc) is 3.19. The van der Waals surface area contributed by atoms with Crippen molar-refractivity contribution in [2.45, 2.75) is 24.8 Å². The molecule has 4 aromatic heterocycles. The Morgan fingerprint density at radius 2 is 2.04 bits per heavy atom. The van der Waals surface area contributed by atoms with Crippen LogP contribution >= 0.6 is 11.8 Å². The van der Waals surface area contributed by atoms with E-state index in [1.54, 1.807) is 22.9 Å². The standard InChI is InChI=1S/C18H17N5O2S/c1-11-4-5-15-19-13(8-16(24)23(15)9-11)10-26-18-21-20-17(22(18)3)14-6-7-25-12(14)2/h4-9H,10H2,1-3H3. The molecule has 0 saturated carbocycles. The van der Waals surface area contributed by atoms with Gasteiger partial charge in [0.2, 0.25) is 0 Å². The summed E-state index contributed by atoms with van der Waals surface area (Å²) < 4.78 is 8.82. The maximum atomic E-state index is 12.3. The van der Waals surface area contributed by atoms with E-state index in [1.165, 1.54) is 11.8 Å². The molecule has 4 aromatic rings. The van der Waals surface area contributed by atoms with Crippen molar-refractivity contribution in [3.8, 4) is 11.4 Å². The first kappa shape index (κ1) is 16.6. The third-order valence-electron chi connectivity index (χ3n) is 4.14. The number of hydrogen-bond acceptors (Lipinski definition) is 6. The van der Waals surface area contributed by atoms with Crippen LogP contribution in [0.5, 0.6) is 0 Å². The minimum absolute atomic E-state index is 0.0815. The largest absolute Gasteiger partial charge is 0.469 e. The topological polar surface area (TPSA) is 78.2 Å². The summed E-state index contributed by atoms with van der Waals surface area (Å²) in [6.07, 6.45) is 3.43. The molecule has 0 spiro atoms. The third kappa shape index (κ3) is 2.92. The SMILES string of the molecule is Cc1ccc2nc(CSc3nnc(-c4ccoc4C)n3C)cc(=O)n2c1. The van der Waals surface area contributed by atoms with Gasteiger partial charge in [0, 0.05) is 25.1 Å². The van der Waals surface area contributed by atoms with Gasteiger partial charge < -0.3 is 8.98 Å². The molecule has 0 aliphatic carbocycles. The van der Waals surface area contributed by atoms with Crippen molar-refractivity contribution < 1.29 is 4.42 Å². The van der Waals surface area contributed by atoms with Crippen molar-refractivity contribution in [2.24, 2.45) is 7.05 Å². The van der Waals surface area contributed by atoms with E-state index in [0.717, 1.165) is 27.9 Å². The number of furan rings is 1. The van der Waals surface area contributed by atoms with Gasteiger partial charge in [-0.05, 0) is 31.5 Å². The summed E-state index contributed by atoms with van der Waals surface area (Å²) in [6, 6.07) is 7.24. The molecule has 0 N–H and O–H groups in total. The molecule has 0 atom stereocenters. The van der Waals surface area contributed by atoms with Crippen molar-refractivity contribution in [3.05, 3.63) is 64.1 Å². The predicted molar refractivity (Wildman–Crippen MR) is 99.2 cm³/mol. The van der Waals surface area contributed by atoms with E-state index in [9.17, 15) is 4.79 Å². The molecule has 0 fully saturated rings. The summed E-state index contributed by atoms with van der Waals surface area (Å²) in [4.78, 5) is 16.9. The molecular formula is C18H17N5O2S. The Bertz CT molecular complexity index is 1160.